The summed E-state index contributed by atoms with van der Waals surface area (Å²) >= 11 is 0. The highest BCUT2D eigenvalue weighted by Crippen LogP contribution is 2.26. The van der Waals surface area contributed by atoms with Crippen LogP contribution in [-0.2, 0) is 12.8 Å². The largest absolute Gasteiger partial charge is 0.493 e. The van der Waals surface area contributed by atoms with E-state index in [1.165, 1.54) is 11.1 Å². The number of rotatable bonds is 4. The Morgan fingerprint density at radius 3 is 3.13 bits per heavy atom. The van der Waals surface area contributed by atoms with Crippen LogP contribution >= 0.6 is 0 Å². The van der Waals surface area contributed by atoms with E-state index in [1.54, 1.807) is 0 Å². The zero-order valence-corrected chi connectivity index (χ0v) is 9.55. The van der Waals surface area contributed by atoms with Gasteiger partial charge in [-0.3, -0.25) is 0 Å². The van der Waals surface area contributed by atoms with Crippen LogP contribution in [0, 0.1) is 0 Å². The quantitative estimate of drug-likeness (QED) is 0.813. The van der Waals surface area contributed by atoms with Gasteiger partial charge in [-0.05, 0) is 37.1 Å². The van der Waals surface area contributed by atoms with Crippen LogP contribution in [0.2, 0.25) is 0 Å². The molecule has 0 aliphatic carbocycles. The summed E-state index contributed by atoms with van der Waals surface area (Å²) in [6, 6.07) is 7.13. The highest BCUT2D eigenvalue weighted by atomic mass is 16.5. The zero-order chi connectivity index (χ0) is 10.7. The molecule has 0 radical (unpaired) electrons. The summed E-state index contributed by atoms with van der Waals surface area (Å²) in [7, 11) is 0. The summed E-state index contributed by atoms with van der Waals surface area (Å²) in [6.07, 6.45) is 2.17. The van der Waals surface area contributed by atoms with E-state index in [4.69, 9.17) is 4.74 Å². The van der Waals surface area contributed by atoms with Gasteiger partial charge in [-0.1, -0.05) is 19.1 Å². The Hall–Kier alpha value is -1.02. The molecule has 1 aromatic rings. The molecule has 2 rings (SSSR count). The van der Waals surface area contributed by atoms with Crippen molar-refractivity contribution in [2.24, 2.45) is 0 Å². The van der Waals surface area contributed by atoms with Crippen molar-refractivity contribution in [3.05, 3.63) is 29.3 Å². The van der Waals surface area contributed by atoms with Crippen LogP contribution in [-0.4, -0.2) is 19.2 Å². The van der Waals surface area contributed by atoms with Crippen LogP contribution < -0.4 is 10.1 Å². The van der Waals surface area contributed by atoms with Crippen LogP contribution in [0.3, 0.4) is 0 Å². The van der Waals surface area contributed by atoms with Crippen molar-refractivity contribution in [3.63, 3.8) is 0 Å². The van der Waals surface area contributed by atoms with Crippen molar-refractivity contribution in [1.29, 1.82) is 0 Å². The predicted octanol–water partition coefficient (Wildman–Crippen LogP) is 2.16. The number of fused-ring (bicyclic) bond motifs is 1. The second-order valence-corrected chi connectivity index (χ2v) is 4.20. The van der Waals surface area contributed by atoms with Crippen molar-refractivity contribution in [2.75, 3.05) is 13.2 Å². The fraction of sp³-hybridized carbons (Fsp3) is 0.538. The molecule has 2 nitrogen and oxygen atoms in total. The maximum Gasteiger partial charge on any atom is 0.122 e. The molecule has 1 N–H and O–H groups in total. The molecule has 1 aromatic carbocycles. The highest BCUT2D eigenvalue weighted by molar-refractivity contribution is 5.39. The van der Waals surface area contributed by atoms with E-state index in [-0.39, 0.29) is 0 Å². The summed E-state index contributed by atoms with van der Waals surface area (Å²) in [4.78, 5) is 0. The van der Waals surface area contributed by atoms with Crippen LogP contribution in [0.15, 0.2) is 18.2 Å². The fourth-order valence-electron chi connectivity index (χ4n) is 2.14. The topological polar surface area (TPSA) is 21.3 Å². The lowest BCUT2D eigenvalue weighted by molar-refractivity contribution is 0.357. The molecular weight excluding hydrogens is 186 g/mol. The van der Waals surface area contributed by atoms with Gasteiger partial charge in [0.15, 0.2) is 0 Å². The van der Waals surface area contributed by atoms with E-state index < -0.39 is 0 Å². The number of nitrogens with one attached hydrogen (secondary N) is 1. The Morgan fingerprint density at radius 2 is 2.33 bits per heavy atom. The Balaban J connectivity index is 2.03. The van der Waals surface area contributed by atoms with E-state index in [0.29, 0.717) is 6.04 Å². The second-order valence-electron chi connectivity index (χ2n) is 4.20. The Morgan fingerprint density at radius 1 is 1.47 bits per heavy atom. The lowest BCUT2D eigenvalue weighted by Gasteiger charge is -2.12. The van der Waals surface area contributed by atoms with Crippen LogP contribution in [0.1, 0.15) is 25.0 Å². The zero-order valence-electron chi connectivity index (χ0n) is 9.55. The molecule has 1 heterocycles. The first-order valence-electron chi connectivity index (χ1n) is 5.77. The Kier molecular flexibility index (Phi) is 3.27. The average molecular weight is 205 g/mol. The lowest BCUT2D eigenvalue weighted by Crippen LogP contribution is -2.27. The van der Waals surface area contributed by atoms with Gasteiger partial charge in [0.25, 0.3) is 0 Å². The standard InChI is InChI=1S/C13H19NO/c1-3-14-10(2)8-11-4-5-13-12(9-11)6-7-15-13/h4-5,9-10,14H,3,6-8H2,1-2H3/t10-/m0/s1. The number of benzene rings is 1. The van der Waals surface area contributed by atoms with Gasteiger partial charge in [0.05, 0.1) is 6.61 Å². The number of ether oxygens (including phenoxy) is 1. The minimum Gasteiger partial charge on any atom is -0.493 e. The Labute approximate surface area is 91.6 Å². The molecule has 0 saturated carbocycles. The average Bonchev–Trinajstić information content (AvgIpc) is 2.65. The van der Waals surface area contributed by atoms with E-state index in [9.17, 15) is 0 Å². The summed E-state index contributed by atoms with van der Waals surface area (Å²) in [5, 5.41) is 3.43. The van der Waals surface area contributed by atoms with Crippen molar-refractivity contribution < 1.29 is 4.74 Å². The van der Waals surface area contributed by atoms with Gasteiger partial charge >= 0.3 is 0 Å². The molecule has 1 aliphatic rings. The summed E-state index contributed by atoms with van der Waals surface area (Å²) < 4.78 is 5.49. The van der Waals surface area contributed by atoms with Crippen LogP contribution in [0.4, 0.5) is 0 Å². The van der Waals surface area contributed by atoms with Crippen molar-refractivity contribution in [3.8, 4) is 5.75 Å². The highest BCUT2D eigenvalue weighted by Gasteiger charge is 2.12. The van der Waals surface area contributed by atoms with Crippen LogP contribution in [0.5, 0.6) is 5.75 Å². The third-order valence-corrected chi connectivity index (χ3v) is 2.85. The van der Waals surface area contributed by atoms with Gasteiger partial charge in [0, 0.05) is 12.5 Å². The third-order valence-electron chi connectivity index (χ3n) is 2.85. The molecule has 0 spiro atoms. The molecule has 1 atom stereocenters. The smallest absolute Gasteiger partial charge is 0.122 e. The number of likely N-dealkylation sites (N-methyl/N-ethyl adjacent to an activating group) is 1. The maximum atomic E-state index is 5.49. The third kappa shape index (κ3) is 2.51. The normalized spacial score (nSPS) is 15.9. The van der Waals surface area contributed by atoms with Crippen molar-refractivity contribution >= 4 is 0 Å². The predicted molar refractivity (Wildman–Crippen MR) is 62.5 cm³/mol. The van der Waals surface area contributed by atoms with Crippen molar-refractivity contribution in [1.82, 2.24) is 5.32 Å². The van der Waals surface area contributed by atoms with Gasteiger partial charge in [-0.2, -0.15) is 0 Å². The SMILES string of the molecule is CCN[C@@H](C)Cc1ccc2c(c1)CCO2. The van der Waals surface area contributed by atoms with Gasteiger partial charge < -0.3 is 10.1 Å². The molecule has 0 fully saturated rings. The second kappa shape index (κ2) is 4.67. The van der Waals surface area contributed by atoms with E-state index in [2.05, 4.69) is 37.4 Å². The molecule has 2 heteroatoms. The molecule has 0 saturated heterocycles. The molecule has 0 unspecified atom stereocenters. The minimum atomic E-state index is 0.551. The van der Waals surface area contributed by atoms with Gasteiger partial charge in [0.1, 0.15) is 5.75 Å². The van der Waals surface area contributed by atoms with E-state index >= 15 is 0 Å². The van der Waals surface area contributed by atoms with E-state index in [1.807, 2.05) is 0 Å². The monoisotopic (exact) mass is 205 g/mol. The lowest BCUT2D eigenvalue weighted by atomic mass is 10.0. The molecule has 82 valence electrons. The summed E-state index contributed by atoms with van der Waals surface area (Å²) in [5.41, 5.74) is 2.78. The molecule has 0 aromatic heterocycles. The van der Waals surface area contributed by atoms with E-state index in [0.717, 1.165) is 31.7 Å². The first kappa shape index (κ1) is 10.5. The van der Waals surface area contributed by atoms with Gasteiger partial charge in [0.2, 0.25) is 0 Å². The summed E-state index contributed by atoms with van der Waals surface area (Å²) in [5.74, 6) is 1.08. The molecule has 1 aliphatic heterocycles. The number of hydrogen-bond acceptors (Lipinski definition) is 2. The molecule has 0 bridgehead atoms. The molecule has 15 heavy (non-hydrogen) atoms. The fourth-order valence-corrected chi connectivity index (χ4v) is 2.14. The number of hydrogen-bond donors (Lipinski definition) is 1. The molecular formula is C13H19NO. The maximum absolute atomic E-state index is 5.49. The van der Waals surface area contributed by atoms with Gasteiger partial charge in [-0.25, -0.2) is 0 Å². The first-order valence-corrected chi connectivity index (χ1v) is 5.77. The van der Waals surface area contributed by atoms with Crippen LogP contribution in [0.25, 0.3) is 0 Å². The summed E-state index contributed by atoms with van der Waals surface area (Å²) in [6.45, 7) is 6.26. The van der Waals surface area contributed by atoms with Gasteiger partial charge in [-0.15, -0.1) is 0 Å². The first-order chi connectivity index (χ1) is 7.29. The molecule has 0 amide bonds. The Bertz CT molecular complexity index is 335. The minimum absolute atomic E-state index is 0.551. The van der Waals surface area contributed by atoms with Crippen molar-refractivity contribution in [2.45, 2.75) is 32.7 Å².